The molecular weight excluding hydrogens is 394 g/mol. The van der Waals surface area contributed by atoms with Crippen molar-refractivity contribution in [1.82, 2.24) is 9.99 Å². The van der Waals surface area contributed by atoms with Crippen molar-refractivity contribution < 1.29 is 4.74 Å². The molecule has 0 radical (unpaired) electrons. The van der Waals surface area contributed by atoms with Crippen LogP contribution < -0.4 is 10.2 Å². The lowest BCUT2D eigenvalue weighted by atomic mass is 10.1. The predicted molar refractivity (Wildman–Crippen MR) is 125 cm³/mol. The van der Waals surface area contributed by atoms with Crippen molar-refractivity contribution in [2.24, 2.45) is 5.10 Å². The molecule has 5 heteroatoms. The fourth-order valence-corrected chi connectivity index (χ4v) is 3.81. The van der Waals surface area contributed by atoms with E-state index in [1.165, 1.54) is 22.2 Å². The standard InChI is InChI=1S/C25H24ClN3O/c1-18-23(16-28-27-15-20-7-3-6-10-25(20)30-2)22-8-4-5-9-24(22)29(18)17-19-11-13-21(26)14-12-19/h3-14,16,27H,15,17H2,1-2H3/b28-16-. The number of hydrogen-bond acceptors (Lipinski definition) is 3. The molecule has 0 atom stereocenters. The molecule has 3 aromatic carbocycles. The number of hydrazone groups is 1. The van der Waals surface area contributed by atoms with Gasteiger partial charge in [-0.25, -0.2) is 0 Å². The minimum absolute atomic E-state index is 0.600. The molecule has 0 saturated heterocycles. The Morgan fingerprint density at radius 1 is 1.00 bits per heavy atom. The molecule has 0 unspecified atom stereocenters. The number of hydrogen-bond donors (Lipinski definition) is 1. The average molecular weight is 418 g/mol. The lowest BCUT2D eigenvalue weighted by Crippen LogP contribution is -2.07. The second-order valence-electron chi connectivity index (χ2n) is 7.13. The minimum atomic E-state index is 0.600. The third kappa shape index (κ3) is 4.19. The molecule has 1 heterocycles. The Morgan fingerprint density at radius 3 is 2.53 bits per heavy atom. The van der Waals surface area contributed by atoms with Crippen LogP contribution >= 0.6 is 11.6 Å². The van der Waals surface area contributed by atoms with E-state index in [9.17, 15) is 0 Å². The second-order valence-corrected chi connectivity index (χ2v) is 7.57. The zero-order chi connectivity index (χ0) is 20.9. The quantitative estimate of drug-likeness (QED) is 0.305. The van der Waals surface area contributed by atoms with Gasteiger partial charge in [0.1, 0.15) is 5.75 Å². The van der Waals surface area contributed by atoms with E-state index in [2.05, 4.69) is 58.4 Å². The molecule has 0 amide bonds. The van der Waals surface area contributed by atoms with Crippen molar-refractivity contribution in [1.29, 1.82) is 0 Å². The van der Waals surface area contributed by atoms with E-state index in [1.54, 1.807) is 7.11 Å². The summed E-state index contributed by atoms with van der Waals surface area (Å²) in [7, 11) is 1.68. The average Bonchev–Trinajstić information content (AvgIpc) is 3.04. The molecule has 1 N–H and O–H groups in total. The topological polar surface area (TPSA) is 38.5 Å². The Morgan fingerprint density at radius 2 is 1.73 bits per heavy atom. The van der Waals surface area contributed by atoms with Crippen LogP contribution in [0, 0.1) is 6.92 Å². The Balaban J connectivity index is 1.59. The Labute approximate surface area is 181 Å². The summed E-state index contributed by atoms with van der Waals surface area (Å²) in [5.74, 6) is 0.857. The third-order valence-electron chi connectivity index (χ3n) is 5.28. The first kappa shape index (κ1) is 20.0. The summed E-state index contributed by atoms with van der Waals surface area (Å²) in [6, 6.07) is 24.4. The Hall–Kier alpha value is -3.24. The normalized spacial score (nSPS) is 11.3. The van der Waals surface area contributed by atoms with E-state index in [-0.39, 0.29) is 0 Å². The van der Waals surface area contributed by atoms with E-state index in [1.807, 2.05) is 42.6 Å². The van der Waals surface area contributed by atoms with Crippen molar-refractivity contribution in [3.05, 3.63) is 100 Å². The predicted octanol–water partition coefficient (Wildman–Crippen LogP) is 5.78. The Kier molecular flexibility index (Phi) is 6.05. The number of halogens is 1. The van der Waals surface area contributed by atoms with Gasteiger partial charge in [0.25, 0.3) is 0 Å². The molecule has 1 aromatic heterocycles. The van der Waals surface area contributed by atoms with Gasteiger partial charge in [0.05, 0.1) is 19.9 Å². The molecule has 152 valence electrons. The summed E-state index contributed by atoms with van der Waals surface area (Å²) in [5.41, 5.74) is 8.91. The highest BCUT2D eigenvalue weighted by atomic mass is 35.5. The maximum atomic E-state index is 6.04. The maximum Gasteiger partial charge on any atom is 0.123 e. The third-order valence-corrected chi connectivity index (χ3v) is 5.53. The molecular formula is C25H24ClN3O. The molecule has 0 saturated carbocycles. The maximum absolute atomic E-state index is 6.04. The van der Waals surface area contributed by atoms with E-state index < -0.39 is 0 Å². The smallest absolute Gasteiger partial charge is 0.123 e. The first-order chi connectivity index (χ1) is 14.7. The van der Waals surface area contributed by atoms with Crippen LogP contribution in [-0.4, -0.2) is 17.9 Å². The highest BCUT2D eigenvalue weighted by molar-refractivity contribution is 6.30. The molecule has 4 nitrogen and oxygen atoms in total. The van der Waals surface area contributed by atoms with Crippen LogP contribution in [0.5, 0.6) is 5.75 Å². The Bertz CT molecular complexity index is 1180. The number of methoxy groups -OCH3 is 1. The lowest BCUT2D eigenvalue weighted by Gasteiger charge is -2.09. The first-order valence-electron chi connectivity index (χ1n) is 9.87. The van der Waals surface area contributed by atoms with Crippen LogP contribution in [0.3, 0.4) is 0 Å². The molecule has 0 spiro atoms. The van der Waals surface area contributed by atoms with E-state index in [0.717, 1.165) is 28.4 Å². The molecule has 30 heavy (non-hydrogen) atoms. The van der Waals surface area contributed by atoms with Gasteiger partial charge in [-0.05, 0) is 36.8 Å². The summed E-state index contributed by atoms with van der Waals surface area (Å²) in [6.45, 7) is 3.52. The number of nitrogens with one attached hydrogen (secondary N) is 1. The molecule has 0 aliphatic heterocycles. The van der Waals surface area contributed by atoms with Crippen molar-refractivity contribution >= 4 is 28.7 Å². The monoisotopic (exact) mass is 417 g/mol. The highest BCUT2D eigenvalue weighted by Crippen LogP contribution is 2.26. The summed E-state index contributed by atoms with van der Waals surface area (Å²) >= 11 is 6.04. The van der Waals surface area contributed by atoms with Gasteiger partial charge in [-0.2, -0.15) is 5.10 Å². The zero-order valence-corrected chi connectivity index (χ0v) is 17.9. The van der Waals surface area contributed by atoms with Gasteiger partial charge in [0, 0.05) is 39.3 Å². The molecule has 4 rings (SSSR count). The number of aromatic nitrogens is 1. The number of nitrogens with zero attached hydrogens (tertiary/aromatic N) is 2. The lowest BCUT2D eigenvalue weighted by molar-refractivity contribution is 0.408. The minimum Gasteiger partial charge on any atom is -0.496 e. The largest absolute Gasteiger partial charge is 0.496 e. The summed E-state index contributed by atoms with van der Waals surface area (Å²) in [5, 5.41) is 6.43. The van der Waals surface area contributed by atoms with Crippen LogP contribution in [0.4, 0.5) is 0 Å². The van der Waals surface area contributed by atoms with E-state index in [4.69, 9.17) is 16.3 Å². The van der Waals surface area contributed by atoms with E-state index >= 15 is 0 Å². The zero-order valence-electron chi connectivity index (χ0n) is 17.1. The molecule has 0 bridgehead atoms. The van der Waals surface area contributed by atoms with Crippen LogP contribution in [0.1, 0.15) is 22.4 Å². The van der Waals surface area contributed by atoms with Gasteiger partial charge in [0.15, 0.2) is 0 Å². The van der Waals surface area contributed by atoms with Gasteiger partial charge >= 0.3 is 0 Å². The SMILES string of the molecule is COc1ccccc1CN/N=C\c1c(C)n(Cc2ccc(Cl)cc2)c2ccccc12. The van der Waals surface area contributed by atoms with Crippen LogP contribution in [-0.2, 0) is 13.1 Å². The van der Waals surface area contributed by atoms with Crippen LogP contribution in [0.25, 0.3) is 10.9 Å². The van der Waals surface area contributed by atoms with Gasteiger partial charge in [-0.1, -0.05) is 60.1 Å². The first-order valence-corrected chi connectivity index (χ1v) is 10.2. The summed E-state index contributed by atoms with van der Waals surface area (Å²) in [6.07, 6.45) is 1.91. The van der Waals surface area contributed by atoms with Crippen molar-refractivity contribution in [2.45, 2.75) is 20.0 Å². The van der Waals surface area contributed by atoms with Crippen LogP contribution in [0.15, 0.2) is 77.9 Å². The van der Waals surface area contributed by atoms with Crippen molar-refractivity contribution in [2.75, 3.05) is 7.11 Å². The van der Waals surface area contributed by atoms with Gasteiger partial charge < -0.3 is 14.7 Å². The van der Waals surface area contributed by atoms with Crippen molar-refractivity contribution in [3.63, 3.8) is 0 Å². The molecule has 4 aromatic rings. The van der Waals surface area contributed by atoms with Gasteiger partial charge in [-0.3, -0.25) is 0 Å². The number of ether oxygens (including phenoxy) is 1. The number of fused-ring (bicyclic) bond motifs is 1. The van der Waals surface area contributed by atoms with E-state index in [0.29, 0.717) is 6.54 Å². The van der Waals surface area contributed by atoms with Crippen molar-refractivity contribution in [3.8, 4) is 5.75 Å². The molecule has 0 aliphatic carbocycles. The highest BCUT2D eigenvalue weighted by Gasteiger charge is 2.12. The number of para-hydroxylation sites is 2. The summed E-state index contributed by atoms with van der Waals surface area (Å²) in [4.78, 5) is 0. The molecule has 0 fully saturated rings. The number of benzene rings is 3. The van der Waals surface area contributed by atoms with Crippen LogP contribution in [0.2, 0.25) is 5.02 Å². The second kappa shape index (κ2) is 9.06. The van der Waals surface area contributed by atoms with Gasteiger partial charge in [0.2, 0.25) is 0 Å². The number of rotatable bonds is 7. The fraction of sp³-hybridized carbons (Fsp3) is 0.160. The molecule has 0 aliphatic rings. The fourth-order valence-electron chi connectivity index (χ4n) is 3.69. The summed E-state index contributed by atoms with van der Waals surface area (Å²) < 4.78 is 7.72. The van der Waals surface area contributed by atoms with Gasteiger partial charge in [-0.15, -0.1) is 0 Å².